The molecule has 3 aromatic carbocycles. The number of carbonyl (C=O) groups excluding carboxylic acids is 8. The van der Waals surface area contributed by atoms with Crippen LogP contribution >= 0.6 is 0 Å². The highest BCUT2D eigenvalue weighted by Crippen LogP contribution is 2.34. The van der Waals surface area contributed by atoms with Crippen LogP contribution in [0.3, 0.4) is 0 Å². The van der Waals surface area contributed by atoms with Gasteiger partial charge in [-0.3, -0.25) is 38.4 Å². The zero-order chi connectivity index (χ0) is 57.5. The van der Waals surface area contributed by atoms with Crippen molar-refractivity contribution < 1.29 is 38.4 Å². The molecule has 2 fully saturated rings. The predicted molar refractivity (Wildman–Crippen MR) is 312 cm³/mol. The molecule has 2 N–H and O–H groups in total. The number of hydrogen-bond acceptors (Lipinski definition) is 9. The molecule has 2 aliphatic rings. The molecule has 5 rings (SSSR count). The van der Waals surface area contributed by atoms with Crippen LogP contribution in [0.25, 0.3) is 0 Å². The van der Waals surface area contributed by atoms with Gasteiger partial charge in [-0.1, -0.05) is 123 Å². The third-order valence-electron chi connectivity index (χ3n) is 15.9. The van der Waals surface area contributed by atoms with E-state index in [0.29, 0.717) is 58.3 Å². The van der Waals surface area contributed by atoms with Crippen molar-refractivity contribution in [2.45, 2.75) is 145 Å². The standard InChI is InChI=1S/C62H90N8O8.CH4/c1-13-43(2)56(74)64-55(62(7,8)9)60(78)70-35-21-27-50(70)40-68(37-33-46-24-18-15-19-25-46)54(73)42-66(12)58(76)48-30-28-47(29-31-48)57(75)65(11)41-53(72)67(36-32-45-22-16-14-17-23-45)39-49-26-20-34-69(49)59(77)51(61(4,5)6)38-52(71)44(3)63-10;/h14-19,22-25,28-31,43-44,49-51,55,63H,13,20-21,26-27,32-42H2,1-12H3,(H,64,74);1H4/t43-,44+,49+,50+,51-,55-;/m1./s1. The Hall–Kier alpha value is -6.42. The third kappa shape index (κ3) is 18.3. The van der Waals surface area contributed by atoms with Crippen molar-refractivity contribution >= 4 is 47.1 Å². The molecular weight excluding hydrogens is 997 g/mol. The molecule has 0 bridgehead atoms. The lowest BCUT2D eigenvalue weighted by atomic mass is 9.76. The van der Waals surface area contributed by atoms with Crippen LogP contribution in [0.15, 0.2) is 84.9 Å². The normalized spacial score (nSPS) is 16.9. The van der Waals surface area contributed by atoms with Gasteiger partial charge in [0, 0.05) is 94.8 Å². The molecule has 0 aliphatic carbocycles. The molecular formula is C63H94N8O8. The number of carbonyl (C=O) groups is 8. The topological polar surface area (TPSA) is 180 Å². The molecule has 3 aromatic rings. The first-order chi connectivity index (χ1) is 36.8. The largest absolute Gasteiger partial charge is 0.344 e. The number of hydrogen-bond donors (Lipinski definition) is 2. The Morgan fingerprint density at radius 1 is 0.620 bits per heavy atom. The number of rotatable bonds is 25. The van der Waals surface area contributed by atoms with Gasteiger partial charge in [0.25, 0.3) is 11.8 Å². The summed E-state index contributed by atoms with van der Waals surface area (Å²) in [4.78, 5) is 121. The highest BCUT2D eigenvalue weighted by Gasteiger charge is 2.43. The molecule has 2 heterocycles. The average molecular weight is 1090 g/mol. The van der Waals surface area contributed by atoms with Crippen LogP contribution in [-0.2, 0) is 41.6 Å². The maximum absolute atomic E-state index is 14.4. The Balaban J connectivity index is 0.0000134. The van der Waals surface area contributed by atoms with Gasteiger partial charge in [0.05, 0.1) is 19.1 Å². The first-order valence-corrected chi connectivity index (χ1v) is 28.2. The zero-order valence-corrected chi connectivity index (χ0v) is 48.8. The maximum Gasteiger partial charge on any atom is 0.254 e. The SMILES string of the molecule is C.CC[C@@H](C)C(=O)N[C@H](C(=O)N1CCC[C@H]1CN(CCc1ccccc1)C(=O)CN(C)C(=O)c1ccc(C(=O)N(C)CC(=O)N(CCc2ccccc2)C[C@@H]2CCCN2C(=O)[C@@H](CC(=O)[C@H](C)NC)C(C)(C)C)cc1)C(C)(C)C. The first kappa shape index (κ1) is 65.1. The lowest BCUT2D eigenvalue weighted by molar-refractivity contribution is -0.144. The minimum absolute atomic E-state index is 0. The van der Waals surface area contributed by atoms with Crippen LogP contribution < -0.4 is 10.6 Å². The number of likely N-dealkylation sites (tertiary alicyclic amines) is 2. The van der Waals surface area contributed by atoms with Gasteiger partial charge in [0.2, 0.25) is 29.5 Å². The summed E-state index contributed by atoms with van der Waals surface area (Å²) in [5.41, 5.74) is 1.61. The summed E-state index contributed by atoms with van der Waals surface area (Å²) in [5.74, 6) is -2.59. The van der Waals surface area contributed by atoms with Gasteiger partial charge in [-0.2, -0.15) is 0 Å². The molecule has 7 amide bonds. The summed E-state index contributed by atoms with van der Waals surface area (Å²) in [6.07, 6.45) is 4.83. The van der Waals surface area contributed by atoms with Crippen LogP contribution in [0.4, 0.5) is 0 Å². The molecule has 2 aliphatic heterocycles. The van der Waals surface area contributed by atoms with Crippen LogP contribution in [0.1, 0.15) is 140 Å². The van der Waals surface area contributed by atoms with Crippen LogP contribution in [0.2, 0.25) is 0 Å². The maximum atomic E-state index is 14.4. The van der Waals surface area contributed by atoms with Gasteiger partial charge in [-0.15, -0.1) is 0 Å². The van der Waals surface area contributed by atoms with E-state index in [-0.39, 0.29) is 111 Å². The Kier molecular flexibility index (Phi) is 24.5. The number of ketones is 1. The lowest BCUT2D eigenvalue weighted by Gasteiger charge is -2.38. The molecule has 6 atom stereocenters. The minimum atomic E-state index is -0.745. The van der Waals surface area contributed by atoms with Gasteiger partial charge < -0.3 is 40.0 Å². The predicted octanol–water partition coefficient (Wildman–Crippen LogP) is 7.40. The van der Waals surface area contributed by atoms with Crippen LogP contribution in [0, 0.1) is 22.7 Å². The average Bonchev–Trinajstić information content (AvgIpc) is 4.10. The van der Waals surface area contributed by atoms with E-state index in [2.05, 4.69) is 10.6 Å². The van der Waals surface area contributed by atoms with Crippen molar-refractivity contribution in [2.75, 3.05) is 73.5 Å². The van der Waals surface area contributed by atoms with E-state index < -0.39 is 34.6 Å². The molecule has 0 saturated carbocycles. The summed E-state index contributed by atoms with van der Waals surface area (Å²) in [7, 11) is 4.86. The van der Waals surface area contributed by atoms with Gasteiger partial charge in [0.1, 0.15) is 11.8 Å². The summed E-state index contributed by atoms with van der Waals surface area (Å²) in [5, 5.41) is 6.03. The van der Waals surface area contributed by atoms with E-state index in [1.165, 1.54) is 9.80 Å². The molecule has 16 heteroatoms. The Labute approximate surface area is 472 Å². The van der Waals surface area contributed by atoms with Gasteiger partial charge in [0.15, 0.2) is 0 Å². The van der Waals surface area contributed by atoms with E-state index in [1.54, 1.807) is 62.1 Å². The monoisotopic (exact) mass is 1090 g/mol. The quantitative estimate of drug-likeness (QED) is 0.0875. The van der Waals surface area contributed by atoms with Gasteiger partial charge in [-0.25, -0.2) is 0 Å². The Morgan fingerprint density at radius 3 is 1.42 bits per heavy atom. The number of Topliss-reactive ketones (excluding diaryl/α,β-unsaturated/α-hetero) is 1. The number of nitrogens with one attached hydrogen (secondary N) is 2. The van der Waals surface area contributed by atoms with Crippen molar-refractivity contribution in [3.63, 3.8) is 0 Å². The van der Waals surface area contributed by atoms with Crippen molar-refractivity contribution in [1.82, 2.24) is 40.0 Å². The first-order valence-electron chi connectivity index (χ1n) is 28.2. The number of nitrogens with zero attached hydrogens (tertiary/aromatic N) is 6. The lowest BCUT2D eigenvalue weighted by Crippen LogP contribution is -2.58. The Bertz CT molecular complexity index is 2340. The number of amides is 7. The van der Waals surface area contributed by atoms with E-state index in [1.807, 2.05) is 126 Å². The number of benzene rings is 3. The third-order valence-corrected chi connectivity index (χ3v) is 15.9. The fraction of sp³-hybridized carbons (Fsp3) is 0.587. The minimum Gasteiger partial charge on any atom is -0.344 e. The van der Waals surface area contributed by atoms with Crippen LogP contribution in [0.5, 0.6) is 0 Å². The molecule has 0 aromatic heterocycles. The molecule has 2 saturated heterocycles. The molecule has 0 spiro atoms. The van der Waals surface area contributed by atoms with E-state index >= 15 is 0 Å². The van der Waals surface area contributed by atoms with Crippen molar-refractivity contribution in [1.29, 1.82) is 0 Å². The van der Waals surface area contributed by atoms with E-state index in [9.17, 15) is 38.4 Å². The summed E-state index contributed by atoms with van der Waals surface area (Å²) in [6.45, 7) is 19.2. The van der Waals surface area contributed by atoms with Crippen molar-refractivity contribution in [2.24, 2.45) is 22.7 Å². The molecule has 0 radical (unpaired) electrons. The molecule has 0 unspecified atom stereocenters. The van der Waals surface area contributed by atoms with Crippen molar-refractivity contribution in [3.8, 4) is 0 Å². The molecule has 434 valence electrons. The van der Waals surface area contributed by atoms with Crippen molar-refractivity contribution in [3.05, 3.63) is 107 Å². The summed E-state index contributed by atoms with van der Waals surface area (Å²) >= 11 is 0. The second-order valence-corrected chi connectivity index (χ2v) is 23.9. The highest BCUT2D eigenvalue weighted by molar-refractivity contribution is 6.00. The van der Waals surface area contributed by atoms with E-state index in [4.69, 9.17) is 0 Å². The van der Waals surface area contributed by atoms with Crippen LogP contribution in [-0.4, -0.2) is 174 Å². The molecule has 16 nitrogen and oxygen atoms in total. The molecule has 79 heavy (non-hydrogen) atoms. The summed E-state index contributed by atoms with van der Waals surface area (Å²) in [6, 6.07) is 24.2. The number of likely N-dealkylation sites (N-methyl/N-ethyl adjacent to an activating group) is 3. The second kappa shape index (κ2) is 29.7. The second-order valence-electron chi connectivity index (χ2n) is 23.9. The van der Waals surface area contributed by atoms with Gasteiger partial charge >= 0.3 is 0 Å². The summed E-state index contributed by atoms with van der Waals surface area (Å²) < 4.78 is 0. The Morgan fingerprint density at radius 2 is 1.04 bits per heavy atom. The smallest absolute Gasteiger partial charge is 0.254 e. The zero-order valence-electron chi connectivity index (χ0n) is 48.8. The van der Waals surface area contributed by atoms with E-state index in [0.717, 1.165) is 24.0 Å². The fourth-order valence-corrected chi connectivity index (χ4v) is 10.3. The highest BCUT2D eigenvalue weighted by atomic mass is 16.2. The van der Waals surface area contributed by atoms with Gasteiger partial charge in [-0.05, 0) is 105 Å². The fourth-order valence-electron chi connectivity index (χ4n) is 10.3.